The van der Waals surface area contributed by atoms with Gasteiger partial charge in [-0.3, -0.25) is 0 Å². The Morgan fingerprint density at radius 3 is 2.40 bits per heavy atom. The summed E-state index contributed by atoms with van der Waals surface area (Å²) in [5.41, 5.74) is 0. The molecule has 1 heterocycles. The summed E-state index contributed by atoms with van der Waals surface area (Å²) in [4.78, 5) is 1.64. The maximum Gasteiger partial charge on any atom is -0.00462 e. The van der Waals surface area contributed by atoms with Crippen molar-refractivity contribution in [3.63, 3.8) is 0 Å². The second kappa shape index (κ2) is 3.90. The van der Waals surface area contributed by atoms with E-state index in [4.69, 9.17) is 0 Å². The van der Waals surface area contributed by atoms with Crippen LogP contribution in [0.15, 0.2) is 47.4 Å². The van der Waals surface area contributed by atoms with Gasteiger partial charge < -0.3 is 0 Å². The summed E-state index contributed by atoms with van der Waals surface area (Å²) in [6, 6.07) is 15.6. The van der Waals surface area contributed by atoms with Crippen LogP contribution >= 0.6 is 10.9 Å². The van der Waals surface area contributed by atoms with Crippen LogP contribution in [0, 0.1) is 0 Å². The lowest BCUT2D eigenvalue weighted by Crippen LogP contribution is -1.86. The van der Waals surface area contributed by atoms with E-state index in [0.717, 1.165) is 0 Å². The van der Waals surface area contributed by atoms with E-state index in [1.165, 1.54) is 35.1 Å². The summed E-state index contributed by atoms with van der Waals surface area (Å²) in [5, 5.41) is 2.90. The Bertz CT molecular complexity index is 464. The average Bonchev–Trinajstić information content (AvgIpc) is 2.82. The predicted molar refractivity (Wildman–Crippen MR) is 70.2 cm³/mol. The zero-order valence-corrected chi connectivity index (χ0v) is 9.71. The molecule has 2 aromatic carbocycles. The lowest BCUT2D eigenvalue weighted by molar-refractivity contribution is 0.949. The number of hydrogen-bond acceptors (Lipinski definition) is 0. The Morgan fingerprint density at radius 1 is 0.800 bits per heavy atom. The van der Waals surface area contributed by atoms with Crippen LogP contribution < -0.4 is 0 Å². The van der Waals surface area contributed by atoms with E-state index in [9.17, 15) is 0 Å². The highest BCUT2D eigenvalue weighted by atomic mass is 32.2. The Morgan fingerprint density at radius 2 is 1.53 bits per heavy atom. The minimum Gasteiger partial charge on any atom is -0.226 e. The average molecular weight is 216 g/mol. The molecule has 1 saturated heterocycles. The molecule has 0 bridgehead atoms. The second-order valence-corrected chi connectivity index (χ2v) is 6.65. The molecule has 0 amide bonds. The zero-order valence-electron chi connectivity index (χ0n) is 8.82. The Balaban J connectivity index is 2.16. The van der Waals surface area contributed by atoms with E-state index in [-0.39, 0.29) is 10.9 Å². The zero-order chi connectivity index (χ0) is 10.1. The molecule has 1 aliphatic heterocycles. The first-order chi connectivity index (χ1) is 7.45. The third-order valence-corrected chi connectivity index (χ3v) is 6.00. The van der Waals surface area contributed by atoms with Gasteiger partial charge in [-0.25, -0.2) is 10.9 Å². The van der Waals surface area contributed by atoms with E-state index in [1.54, 1.807) is 4.90 Å². The fourth-order valence-electron chi connectivity index (χ4n) is 2.44. The number of benzene rings is 2. The predicted octanol–water partition coefficient (Wildman–Crippen LogP) is 3.99. The maximum absolute atomic E-state index is 2.35. The monoisotopic (exact) mass is 216 g/mol. The minimum atomic E-state index is 0.160. The molecule has 15 heavy (non-hydrogen) atoms. The highest BCUT2D eigenvalue weighted by molar-refractivity contribution is 8.17. The number of fused-ring (bicyclic) bond motifs is 1. The molecule has 0 unspecified atom stereocenters. The van der Waals surface area contributed by atoms with Crippen LogP contribution in [-0.4, -0.2) is 11.5 Å². The highest BCUT2D eigenvalue weighted by Gasteiger charge is 2.14. The molecule has 78 valence electrons. The first-order valence-corrected chi connectivity index (χ1v) is 7.39. The Labute approximate surface area is 93.7 Å². The van der Waals surface area contributed by atoms with Gasteiger partial charge >= 0.3 is 0 Å². The highest BCUT2D eigenvalue weighted by Crippen LogP contribution is 2.45. The van der Waals surface area contributed by atoms with Crippen LogP contribution in [0.25, 0.3) is 10.8 Å². The van der Waals surface area contributed by atoms with Gasteiger partial charge in [-0.05, 0) is 46.1 Å². The molecular formula is C14H16S. The standard InChI is InChI=1S/C14H16S/c1-2-8-13-12(6-1)7-5-9-14(13)15-10-3-4-11-15/h1-2,5-9,15H,3-4,10-11H2. The molecule has 0 N–H and O–H groups in total. The number of thiol groups is 1. The molecule has 0 spiro atoms. The fourth-order valence-corrected chi connectivity index (χ4v) is 5.20. The van der Waals surface area contributed by atoms with E-state index >= 15 is 0 Å². The number of hydrogen-bond donors (Lipinski definition) is 1. The molecule has 3 rings (SSSR count). The molecule has 1 heteroatoms. The lowest BCUT2D eigenvalue weighted by atomic mass is 10.1. The molecule has 0 nitrogen and oxygen atoms in total. The van der Waals surface area contributed by atoms with E-state index in [2.05, 4.69) is 42.5 Å². The number of rotatable bonds is 1. The van der Waals surface area contributed by atoms with Crippen molar-refractivity contribution in [3.05, 3.63) is 42.5 Å². The molecule has 0 radical (unpaired) electrons. The first-order valence-electron chi connectivity index (χ1n) is 5.68. The molecule has 1 aliphatic rings. The normalized spacial score (nSPS) is 18.5. The molecule has 0 atom stereocenters. The maximum atomic E-state index is 2.35. The van der Waals surface area contributed by atoms with Gasteiger partial charge in [-0.15, -0.1) is 0 Å². The summed E-state index contributed by atoms with van der Waals surface area (Å²) in [6.45, 7) is 0. The van der Waals surface area contributed by atoms with E-state index in [0.29, 0.717) is 0 Å². The fraction of sp³-hybridized carbons (Fsp3) is 0.286. The van der Waals surface area contributed by atoms with Gasteiger partial charge in [0.15, 0.2) is 0 Å². The first kappa shape index (κ1) is 9.29. The van der Waals surface area contributed by atoms with Crippen LogP contribution in [0.2, 0.25) is 0 Å². The topological polar surface area (TPSA) is 0 Å². The van der Waals surface area contributed by atoms with Crippen LogP contribution in [0.3, 0.4) is 0 Å². The van der Waals surface area contributed by atoms with Gasteiger partial charge in [0.1, 0.15) is 0 Å². The van der Waals surface area contributed by atoms with E-state index in [1.807, 2.05) is 0 Å². The van der Waals surface area contributed by atoms with Crippen LogP contribution in [-0.2, 0) is 0 Å². The Hall–Kier alpha value is -0.950. The van der Waals surface area contributed by atoms with Crippen molar-refractivity contribution in [1.82, 2.24) is 0 Å². The van der Waals surface area contributed by atoms with Crippen molar-refractivity contribution < 1.29 is 0 Å². The summed E-state index contributed by atoms with van der Waals surface area (Å²) >= 11 is 0. The summed E-state index contributed by atoms with van der Waals surface area (Å²) in [5.74, 6) is 2.90. The van der Waals surface area contributed by atoms with Crippen molar-refractivity contribution in [3.8, 4) is 0 Å². The minimum absolute atomic E-state index is 0.160. The second-order valence-electron chi connectivity index (χ2n) is 4.19. The van der Waals surface area contributed by atoms with E-state index < -0.39 is 0 Å². The molecular weight excluding hydrogens is 200 g/mol. The van der Waals surface area contributed by atoms with Crippen molar-refractivity contribution >= 4 is 21.7 Å². The summed E-state index contributed by atoms with van der Waals surface area (Å²) < 4.78 is 0. The molecule has 0 aliphatic carbocycles. The Kier molecular flexibility index (Phi) is 2.41. The third-order valence-electron chi connectivity index (χ3n) is 3.21. The van der Waals surface area contributed by atoms with Gasteiger partial charge in [-0.1, -0.05) is 36.4 Å². The van der Waals surface area contributed by atoms with Gasteiger partial charge in [0.25, 0.3) is 0 Å². The molecule has 0 aromatic heterocycles. The summed E-state index contributed by atoms with van der Waals surface area (Å²) in [6.07, 6.45) is 2.88. The van der Waals surface area contributed by atoms with Crippen molar-refractivity contribution in [2.24, 2.45) is 0 Å². The lowest BCUT2D eigenvalue weighted by Gasteiger charge is -2.16. The quantitative estimate of drug-likeness (QED) is 0.685. The van der Waals surface area contributed by atoms with Crippen molar-refractivity contribution in [2.75, 3.05) is 11.5 Å². The largest absolute Gasteiger partial charge is 0.226 e. The van der Waals surface area contributed by atoms with Crippen LogP contribution in [0.5, 0.6) is 0 Å². The van der Waals surface area contributed by atoms with Gasteiger partial charge in [0, 0.05) is 0 Å². The molecule has 2 aromatic rings. The van der Waals surface area contributed by atoms with Gasteiger partial charge in [0.05, 0.1) is 0 Å². The van der Waals surface area contributed by atoms with Gasteiger partial charge in [0.2, 0.25) is 0 Å². The van der Waals surface area contributed by atoms with Crippen molar-refractivity contribution in [2.45, 2.75) is 17.7 Å². The van der Waals surface area contributed by atoms with Crippen LogP contribution in [0.4, 0.5) is 0 Å². The smallest absolute Gasteiger partial charge is 0.00462 e. The molecule has 1 fully saturated rings. The third kappa shape index (κ3) is 1.65. The molecule has 0 saturated carbocycles. The van der Waals surface area contributed by atoms with Crippen LogP contribution in [0.1, 0.15) is 12.8 Å². The SMILES string of the molecule is c1ccc2c([SH]3CCCC3)cccc2c1. The summed E-state index contributed by atoms with van der Waals surface area (Å²) in [7, 11) is 0.160. The van der Waals surface area contributed by atoms with Gasteiger partial charge in [-0.2, -0.15) is 0 Å². The van der Waals surface area contributed by atoms with Crippen molar-refractivity contribution in [1.29, 1.82) is 0 Å².